The van der Waals surface area contributed by atoms with Gasteiger partial charge in [0.05, 0.1) is 6.04 Å². The Bertz CT molecular complexity index is 1450. The monoisotopic (exact) mass is 545 g/mol. The van der Waals surface area contributed by atoms with E-state index in [0.29, 0.717) is 33.7 Å². The van der Waals surface area contributed by atoms with Gasteiger partial charge in [-0.1, -0.05) is 67.9 Å². The molecule has 0 bridgehead atoms. The van der Waals surface area contributed by atoms with Crippen LogP contribution in [0.1, 0.15) is 52.1 Å². The van der Waals surface area contributed by atoms with Crippen LogP contribution in [0.4, 0.5) is 5.69 Å². The molecule has 8 heteroatoms. The SMILES string of the molecule is CC(C)C(=O)N1CCc2ccc(OCc3nc(C(=O)Nc4cccc(Cl)c4)cs3)cc2C1c1ccccc1. The number of hydrogen-bond acceptors (Lipinski definition) is 5. The number of rotatable bonds is 7. The van der Waals surface area contributed by atoms with E-state index in [2.05, 4.69) is 28.5 Å². The smallest absolute Gasteiger partial charge is 0.275 e. The fourth-order valence-corrected chi connectivity index (χ4v) is 5.51. The molecule has 1 aliphatic rings. The first kappa shape index (κ1) is 25.9. The number of benzene rings is 3. The highest BCUT2D eigenvalue weighted by Crippen LogP contribution is 2.38. The van der Waals surface area contributed by atoms with Crippen LogP contribution in [0.15, 0.2) is 78.2 Å². The summed E-state index contributed by atoms with van der Waals surface area (Å²) in [7, 11) is 0. The van der Waals surface area contributed by atoms with Crippen LogP contribution in [0.25, 0.3) is 0 Å². The first-order chi connectivity index (χ1) is 18.4. The highest BCUT2D eigenvalue weighted by Gasteiger charge is 2.33. The van der Waals surface area contributed by atoms with Crippen molar-refractivity contribution in [2.45, 2.75) is 32.9 Å². The summed E-state index contributed by atoms with van der Waals surface area (Å²) in [5, 5.41) is 5.76. The second-order valence-electron chi connectivity index (χ2n) is 9.49. The van der Waals surface area contributed by atoms with Gasteiger partial charge in [0, 0.05) is 28.6 Å². The molecule has 5 rings (SSSR count). The lowest BCUT2D eigenvalue weighted by Gasteiger charge is -2.39. The molecule has 0 saturated carbocycles. The zero-order chi connectivity index (χ0) is 26.6. The van der Waals surface area contributed by atoms with Crippen molar-refractivity contribution < 1.29 is 14.3 Å². The number of thiazole rings is 1. The molecule has 4 aromatic rings. The molecule has 6 nitrogen and oxygen atoms in total. The fourth-order valence-electron chi connectivity index (χ4n) is 4.63. The lowest BCUT2D eigenvalue weighted by atomic mass is 9.87. The molecule has 0 aliphatic carbocycles. The van der Waals surface area contributed by atoms with Crippen LogP contribution < -0.4 is 10.1 Å². The summed E-state index contributed by atoms with van der Waals surface area (Å²) in [4.78, 5) is 32.1. The number of anilines is 1. The van der Waals surface area contributed by atoms with Crippen molar-refractivity contribution in [3.63, 3.8) is 0 Å². The van der Waals surface area contributed by atoms with Crippen molar-refractivity contribution in [3.05, 3.63) is 111 Å². The summed E-state index contributed by atoms with van der Waals surface area (Å²) in [6, 6.07) is 23.0. The van der Waals surface area contributed by atoms with E-state index in [-0.39, 0.29) is 30.4 Å². The third-order valence-electron chi connectivity index (χ3n) is 6.47. The van der Waals surface area contributed by atoms with Crippen LogP contribution in [0.5, 0.6) is 5.75 Å². The van der Waals surface area contributed by atoms with Gasteiger partial charge in [0.15, 0.2) is 0 Å². The second kappa shape index (κ2) is 11.4. The minimum atomic E-state index is -0.302. The summed E-state index contributed by atoms with van der Waals surface area (Å²) in [6.07, 6.45) is 0.801. The number of fused-ring (bicyclic) bond motifs is 1. The summed E-state index contributed by atoms with van der Waals surface area (Å²) in [5.41, 5.74) is 4.31. The number of nitrogens with one attached hydrogen (secondary N) is 1. The number of ether oxygens (including phenoxy) is 1. The maximum Gasteiger partial charge on any atom is 0.275 e. The average Bonchev–Trinajstić information content (AvgIpc) is 3.40. The van der Waals surface area contributed by atoms with E-state index in [1.165, 1.54) is 16.9 Å². The van der Waals surface area contributed by atoms with Crippen LogP contribution in [0.2, 0.25) is 5.02 Å². The van der Waals surface area contributed by atoms with Gasteiger partial charge in [0.2, 0.25) is 5.91 Å². The topological polar surface area (TPSA) is 71.5 Å². The normalized spacial score (nSPS) is 14.7. The van der Waals surface area contributed by atoms with Gasteiger partial charge in [-0.15, -0.1) is 11.3 Å². The summed E-state index contributed by atoms with van der Waals surface area (Å²) < 4.78 is 6.11. The molecule has 3 aromatic carbocycles. The zero-order valence-electron chi connectivity index (χ0n) is 21.2. The molecular formula is C30H28ClN3O3S. The van der Waals surface area contributed by atoms with Crippen molar-refractivity contribution in [2.24, 2.45) is 5.92 Å². The highest BCUT2D eigenvalue weighted by molar-refractivity contribution is 7.09. The lowest BCUT2D eigenvalue weighted by Crippen LogP contribution is -2.42. The van der Waals surface area contributed by atoms with Crippen LogP contribution in [0, 0.1) is 5.92 Å². The molecule has 0 radical (unpaired) electrons. The van der Waals surface area contributed by atoms with Crippen LogP contribution >= 0.6 is 22.9 Å². The molecule has 1 unspecified atom stereocenters. The van der Waals surface area contributed by atoms with Gasteiger partial charge >= 0.3 is 0 Å². The number of carbonyl (C=O) groups excluding carboxylic acids is 2. The third kappa shape index (κ3) is 5.74. The number of carbonyl (C=O) groups is 2. The number of hydrogen-bond donors (Lipinski definition) is 1. The number of halogens is 1. The van der Waals surface area contributed by atoms with Gasteiger partial charge in [-0.3, -0.25) is 9.59 Å². The van der Waals surface area contributed by atoms with Crippen molar-refractivity contribution in [2.75, 3.05) is 11.9 Å². The largest absolute Gasteiger partial charge is 0.486 e. The van der Waals surface area contributed by atoms with Crippen LogP contribution in [-0.2, 0) is 17.8 Å². The molecule has 194 valence electrons. The Morgan fingerprint density at radius 3 is 2.68 bits per heavy atom. The quantitative estimate of drug-likeness (QED) is 0.278. The van der Waals surface area contributed by atoms with Gasteiger partial charge in [-0.2, -0.15) is 0 Å². The highest BCUT2D eigenvalue weighted by atomic mass is 35.5. The van der Waals surface area contributed by atoms with E-state index < -0.39 is 0 Å². The summed E-state index contributed by atoms with van der Waals surface area (Å²) >= 11 is 7.37. The van der Waals surface area contributed by atoms with Gasteiger partial charge in [0.25, 0.3) is 5.91 Å². The molecule has 1 N–H and O–H groups in total. The standard InChI is InChI=1S/C30H28ClN3O3S/c1-19(2)30(36)34-14-13-20-11-12-24(16-25(20)28(34)21-7-4-3-5-8-21)37-17-27-33-26(18-38-27)29(35)32-23-10-6-9-22(31)15-23/h3-12,15-16,18-19,28H,13-14,17H2,1-2H3,(H,32,35). The number of nitrogens with zero attached hydrogens (tertiary/aromatic N) is 2. The van der Waals surface area contributed by atoms with Gasteiger partial charge in [0.1, 0.15) is 23.1 Å². The van der Waals surface area contributed by atoms with Crippen molar-refractivity contribution >= 4 is 40.4 Å². The second-order valence-corrected chi connectivity index (χ2v) is 10.9. The minimum absolute atomic E-state index is 0.0858. The Hall–Kier alpha value is -3.68. The molecule has 2 amide bonds. The molecule has 0 fully saturated rings. The Morgan fingerprint density at radius 2 is 1.92 bits per heavy atom. The van der Waals surface area contributed by atoms with E-state index >= 15 is 0 Å². The summed E-state index contributed by atoms with van der Waals surface area (Å²) in [6.45, 7) is 4.80. The van der Waals surface area contributed by atoms with Crippen molar-refractivity contribution in [1.82, 2.24) is 9.88 Å². The predicted molar refractivity (Wildman–Crippen MR) is 151 cm³/mol. The van der Waals surface area contributed by atoms with Crippen molar-refractivity contribution in [1.29, 1.82) is 0 Å². The predicted octanol–water partition coefficient (Wildman–Crippen LogP) is 6.76. The Labute approximate surface area is 231 Å². The lowest BCUT2D eigenvalue weighted by molar-refractivity contribution is -0.136. The van der Waals surface area contributed by atoms with Gasteiger partial charge < -0.3 is 15.0 Å². The molecule has 0 saturated heterocycles. The van der Waals surface area contributed by atoms with Gasteiger partial charge in [-0.25, -0.2) is 4.98 Å². The third-order valence-corrected chi connectivity index (χ3v) is 7.52. The molecule has 1 aromatic heterocycles. The van der Waals surface area contributed by atoms with Gasteiger partial charge in [-0.05, 0) is 53.4 Å². The Balaban J connectivity index is 1.32. The van der Waals surface area contributed by atoms with E-state index in [9.17, 15) is 9.59 Å². The number of amides is 2. The molecular weight excluding hydrogens is 518 g/mol. The average molecular weight is 546 g/mol. The maximum atomic E-state index is 13.1. The molecule has 1 atom stereocenters. The van der Waals surface area contributed by atoms with E-state index in [1.54, 1.807) is 29.6 Å². The molecule has 2 heterocycles. The Kier molecular flexibility index (Phi) is 7.77. The molecule has 38 heavy (non-hydrogen) atoms. The van der Waals surface area contributed by atoms with Crippen LogP contribution in [-0.4, -0.2) is 28.2 Å². The Morgan fingerprint density at radius 1 is 1.11 bits per heavy atom. The van der Waals surface area contributed by atoms with E-state index in [0.717, 1.165) is 17.5 Å². The molecule has 0 spiro atoms. The summed E-state index contributed by atoms with van der Waals surface area (Å²) in [5.74, 6) is 0.451. The fraction of sp³-hybridized carbons (Fsp3) is 0.233. The number of aromatic nitrogens is 1. The minimum Gasteiger partial charge on any atom is -0.486 e. The van der Waals surface area contributed by atoms with E-state index in [1.807, 2.05) is 49.1 Å². The maximum absolute atomic E-state index is 13.1. The first-order valence-corrected chi connectivity index (χ1v) is 13.8. The van der Waals surface area contributed by atoms with E-state index in [4.69, 9.17) is 16.3 Å². The van der Waals surface area contributed by atoms with Crippen LogP contribution in [0.3, 0.4) is 0 Å². The first-order valence-electron chi connectivity index (χ1n) is 12.5. The molecule has 1 aliphatic heterocycles. The zero-order valence-corrected chi connectivity index (χ0v) is 22.8. The van der Waals surface area contributed by atoms with Crippen molar-refractivity contribution in [3.8, 4) is 5.75 Å².